The van der Waals surface area contributed by atoms with Crippen molar-refractivity contribution in [3.05, 3.63) is 76.6 Å². The van der Waals surface area contributed by atoms with Gasteiger partial charge in [-0.1, -0.05) is 41.1 Å². The predicted octanol–water partition coefficient (Wildman–Crippen LogP) is 3.46. The normalized spacial score (nSPS) is 10.6. The molecule has 5 heteroatoms. The highest BCUT2D eigenvalue weighted by atomic mass is 35.5. The minimum absolute atomic E-state index is 0.200. The van der Waals surface area contributed by atoms with Crippen molar-refractivity contribution in [1.82, 2.24) is 15.0 Å². The second-order valence-corrected chi connectivity index (χ2v) is 5.09. The molecule has 0 fully saturated rings. The Labute approximate surface area is 127 Å². The number of carbonyl (C=O) groups is 1. The molecule has 0 aliphatic carbocycles. The minimum Gasteiger partial charge on any atom is -0.287 e. The van der Waals surface area contributed by atoms with Crippen LogP contribution < -0.4 is 0 Å². The molecule has 0 saturated carbocycles. The number of carbonyl (C=O) groups excluding carboxylic acids is 1. The third-order valence-corrected chi connectivity index (χ3v) is 3.46. The maximum atomic E-state index is 12.6. The van der Waals surface area contributed by atoms with Gasteiger partial charge in [-0.3, -0.25) is 4.79 Å². The standard InChI is InChI=1S/C16H12ClN3O/c1-11-7-8-13(14(17)9-11)16(21)15-10-18-19-20(15)12-5-3-2-4-6-12/h2-10H,1H3. The Morgan fingerprint density at radius 3 is 2.62 bits per heavy atom. The van der Waals surface area contributed by atoms with E-state index in [0.29, 0.717) is 16.3 Å². The average Bonchev–Trinajstić information content (AvgIpc) is 2.97. The molecule has 0 spiro atoms. The van der Waals surface area contributed by atoms with Crippen LogP contribution in [0.1, 0.15) is 21.6 Å². The van der Waals surface area contributed by atoms with Gasteiger partial charge in [0.05, 0.1) is 16.9 Å². The highest BCUT2D eigenvalue weighted by Crippen LogP contribution is 2.21. The van der Waals surface area contributed by atoms with Gasteiger partial charge < -0.3 is 0 Å². The molecule has 0 N–H and O–H groups in total. The van der Waals surface area contributed by atoms with Crippen molar-refractivity contribution in [3.63, 3.8) is 0 Å². The summed E-state index contributed by atoms with van der Waals surface area (Å²) in [6.45, 7) is 1.93. The highest BCUT2D eigenvalue weighted by molar-refractivity contribution is 6.34. The lowest BCUT2D eigenvalue weighted by Gasteiger charge is -2.07. The summed E-state index contributed by atoms with van der Waals surface area (Å²) in [6.07, 6.45) is 1.45. The number of rotatable bonds is 3. The third kappa shape index (κ3) is 2.58. The van der Waals surface area contributed by atoms with Gasteiger partial charge in [-0.2, -0.15) is 0 Å². The van der Waals surface area contributed by atoms with Crippen molar-refractivity contribution in [1.29, 1.82) is 0 Å². The fourth-order valence-corrected chi connectivity index (χ4v) is 2.41. The lowest BCUT2D eigenvalue weighted by Crippen LogP contribution is -2.10. The first kappa shape index (κ1) is 13.5. The van der Waals surface area contributed by atoms with Crippen LogP contribution in [0.25, 0.3) is 5.69 Å². The summed E-state index contributed by atoms with van der Waals surface area (Å²) in [6, 6.07) is 14.7. The van der Waals surface area contributed by atoms with E-state index >= 15 is 0 Å². The Morgan fingerprint density at radius 1 is 1.14 bits per heavy atom. The zero-order valence-corrected chi connectivity index (χ0v) is 12.1. The monoisotopic (exact) mass is 297 g/mol. The molecule has 0 saturated heterocycles. The highest BCUT2D eigenvalue weighted by Gasteiger charge is 2.18. The van der Waals surface area contributed by atoms with Crippen LogP contribution in [0, 0.1) is 6.92 Å². The molecule has 1 heterocycles. The van der Waals surface area contributed by atoms with Gasteiger partial charge in [-0.15, -0.1) is 5.10 Å². The van der Waals surface area contributed by atoms with E-state index in [0.717, 1.165) is 11.3 Å². The minimum atomic E-state index is -0.200. The molecule has 0 radical (unpaired) electrons. The molecule has 0 atom stereocenters. The zero-order chi connectivity index (χ0) is 14.8. The van der Waals surface area contributed by atoms with Gasteiger partial charge in [-0.25, -0.2) is 4.68 Å². The number of ketones is 1. The quantitative estimate of drug-likeness (QED) is 0.696. The molecule has 1 aromatic heterocycles. The van der Waals surface area contributed by atoms with E-state index in [2.05, 4.69) is 10.3 Å². The number of aryl methyl sites for hydroxylation is 1. The maximum Gasteiger partial charge on any atom is 0.214 e. The molecule has 0 amide bonds. The smallest absolute Gasteiger partial charge is 0.214 e. The van der Waals surface area contributed by atoms with Gasteiger partial charge in [0.15, 0.2) is 0 Å². The Bertz CT molecular complexity index is 796. The van der Waals surface area contributed by atoms with Crippen molar-refractivity contribution in [3.8, 4) is 5.69 Å². The summed E-state index contributed by atoms with van der Waals surface area (Å²) in [5, 5.41) is 8.26. The van der Waals surface area contributed by atoms with Crippen LogP contribution in [0.4, 0.5) is 0 Å². The number of aromatic nitrogens is 3. The molecule has 4 nitrogen and oxygen atoms in total. The molecular weight excluding hydrogens is 286 g/mol. The molecule has 3 rings (SSSR count). The van der Waals surface area contributed by atoms with Crippen LogP contribution in [-0.4, -0.2) is 20.8 Å². The Kier molecular flexibility index (Phi) is 3.54. The van der Waals surface area contributed by atoms with E-state index in [-0.39, 0.29) is 5.78 Å². The summed E-state index contributed by atoms with van der Waals surface area (Å²) in [4.78, 5) is 12.6. The first-order valence-corrected chi connectivity index (χ1v) is 6.81. The van der Waals surface area contributed by atoms with Crippen molar-refractivity contribution in [2.75, 3.05) is 0 Å². The molecule has 2 aromatic carbocycles. The van der Waals surface area contributed by atoms with Crippen LogP contribution in [0.3, 0.4) is 0 Å². The lowest BCUT2D eigenvalue weighted by molar-refractivity contribution is 0.103. The van der Waals surface area contributed by atoms with Gasteiger partial charge in [-0.05, 0) is 36.8 Å². The summed E-state index contributed by atoms with van der Waals surface area (Å²) >= 11 is 6.17. The maximum absolute atomic E-state index is 12.6. The van der Waals surface area contributed by atoms with E-state index in [4.69, 9.17) is 11.6 Å². The fourth-order valence-electron chi connectivity index (χ4n) is 2.09. The van der Waals surface area contributed by atoms with E-state index in [9.17, 15) is 4.79 Å². The molecule has 21 heavy (non-hydrogen) atoms. The van der Waals surface area contributed by atoms with Crippen molar-refractivity contribution in [2.45, 2.75) is 6.92 Å². The SMILES string of the molecule is Cc1ccc(C(=O)c2cnnn2-c2ccccc2)c(Cl)c1. The van der Waals surface area contributed by atoms with Gasteiger partial charge in [0.25, 0.3) is 0 Å². The van der Waals surface area contributed by atoms with Gasteiger partial charge >= 0.3 is 0 Å². The third-order valence-electron chi connectivity index (χ3n) is 3.15. The molecule has 0 unspecified atom stereocenters. The summed E-state index contributed by atoms with van der Waals surface area (Å²) < 4.78 is 1.51. The molecule has 104 valence electrons. The first-order valence-electron chi connectivity index (χ1n) is 6.44. The second-order valence-electron chi connectivity index (χ2n) is 4.68. The Balaban J connectivity index is 2.06. The predicted molar refractivity (Wildman–Crippen MR) is 81.0 cm³/mol. The van der Waals surface area contributed by atoms with Crippen molar-refractivity contribution >= 4 is 17.4 Å². The summed E-state index contributed by atoms with van der Waals surface area (Å²) in [7, 11) is 0. The van der Waals surface area contributed by atoms with Crippen LogP contribution in [-0.2, 0) is 0 Å². The molecule has 0 aliphatic rings. The van der Waals surface area contributed by atoms with Gasteiger partial charge in [0.2, 0.25) is 5.78 Å². The number of nitrogens with zero attached hydrogens (tertiary/aromatic N) is 3. The molecule has 3 aromatic rings. The number of halogens is 1. The Morgan fingerprint density at radius 2 is 1.90 bits per heavy atom. The first-order chi connectivity index (χ1) is 10.2. The summed E-state index contributed by atoms with van der Waals surface area (Å²) in [5.74, 6) is -0.200. The van der Waals surface area contributed by atoms with Gasteiger partial charge in [0, 0.05) is 5.56 Å². The van der Waals surface area contributed by atoms with Crippen LogP contribution in [0.15, 0.2) is 54.7 Å². The van der Waals surface area contributed by atoms with Crippen molar-refractivity contribution < 1.29 is 4.79 Å². The van der Waals surface area contributed by atoms with Crippen molar-refractivity contribution in [2.24, 2.45) is 0 Å². The van der Waals surface area contributed by atoms with E-state index in [1.54, 1.807) is 12.1 Å². The fraction of sp³-hybridized carbons (Fsp3) is 0.0625. The number of para-hydroxylation sites is 1. The van der Waals surface area contributed by atoms with Gasteiger partial charge in [0.1, 0.15) is 5.69 Å². The van der Waals surface area contributed by atoms with E-state index < -0.39 is 0 Å². The molecular formula is C16H12ClN3O. The van der Waals surface area contributed by atoms with Crippen LogP contribution in [0.5, 0.6) is 0 Å². The number of hydrogen-bond donors (Lipinski definition) is 0. The topological polar surface area (TPSA) is 47.8 Å². The van der Waals surface area contributed by atoms with Crippen LogP contribution in [0.2, 0.25) is 5.02 Å². The van der Waals surface area contributed by atoms with E-state index in [1.165, 1.54) is 10.9 Å². The number of hydrogen-bond acceptors (Lipinski definition) is 3. The summed E-state index contributed by atoms with van der Waals surface area (Å²) in [5.41, 5.74) is 2.61. The molecule has 0 aliphatic heterocycles. The lowest BCUT2D eigenvalue weighted by atomic mass is 10.1. The second kappa shape index (κ2) is 5.50. The van der Waals surface area contributed by atoms with Crippen LogP contribution >= 0.6 is 11.6 Å². The zero-order valence-electron chi connectivity index (χ0n) is 11.3. The molecule has 0 bridgehead atoms. The number of benzene rings is 2. The Hall–Kier alpha value is -2.46. The van der Waals surface area contributed by atoms with E-state index in [1.807, 2.05) is 43.3 Å². The largest absolute Gasteiger partial charge is 0.287 e. The average molecular weight is 298 g/mol.